The van der Waals surface area contributed by atoms with Crippen LogP contribution < -0.4 is 0 Å². The van der Waals surface area contributed by atoms with Gasteiger partial charge in [0.1, 0.15) is 11.6 Å². The van der Waals surface area contributed by atoms with Crippen LogP contribution in [0.2, 0.25) is 0 Å². The molecule has 2 heterocycles. The van der Waals surface area contributed by atoms with Crippen molar-refractivity contribution in [2.75, 3.05) is 20.2 Å². The van der Waals surface area contributed by atoms with Crippen molar-refractivity contribution in [1.82, 2.24) is 9.80 Å². The Morgan fingerprint density at radius 3 is 2.48 bits per heavy atom. The summed E-state index contributed by atoms with van der Waals surface area (Å²) in [5.74, 6) is -0.333. The molecule has 2 aliphatic heterocycles. The summed E-state index contributed by atoms with van der Waals surface area (Å²) >= 11 is 0. The first-order valence-electron chi connectivity index (χ1n) is 7.62. The molecule has 2 fully saturated rings. The molecule has 0 spiro atoms. The van der Waals surface area contributed by atoms with Crippen LogP contribution >= 0.6 is 0 Å². The standard InChI is InChI=1S/C15H26N2O4/c1-6-20-13(18)12-11-8-7-10(16(11)5)9-17(12)14(19)21-15(2,3)4/h10-12H,6-9H2,1-5H3. The number of fused-ring (bicyclic) bond motifs is 2. The zero-order valence-corrected chi connectivity index (χ0v) is 13.6. The zero-order valence-electron chi connectivity index (χ0n) is 13.6. The molecule has 1 amide bonds. The highest BCUT2D eigenvalue weighted by atomic mass is 16.6. The quantitative estimate of drug-likeness (QED) is 0.725. The van der Waals surface area contributed by atoms with E-state index in [1.165, 1.54) is 0 Å². The minimum absolute atomic E-state index is 0.0234. The van der Waals surface area contributed by atoms with Crippen molar-refractivity contribution in [3.63, 3.8) is 0 Å². The minimum Gasteiger partial charge on any atom is -0.464 e. The summed E-state index contributed by atoms with van der Waals surface area (Å²) in [6, 6.07) is -0.243. The molecule has 0 aromatic rings. The third kappa shape index (κ3) is 3.31. The first-order valence-corrected chi connectivity index (χ1v) is 7.62. The van der Waals surface area contributed by atoms with Gasteiger partial charge < -0.3 is 9.47 Å². The summed E-state index contributed by atoms with van der Waals surface area (Å²) in [5.41, 5.74) is -0.571. The highest BCUT2D eigenvalue weighted by molar-refractivity contribution is 5.83. The van der Waals surface area contributed by atoms with Crippen molar-refractivity contribution in [2.45, 2.75) is 64.3 Å². The molecule has 0 aliphatic carbocycles. The average molecular weight is 298 g/mol. The lowest BCUT2D eigenvalue weighted by molar-refractivity contribution is -0.154. The molecular formula is C15H26N2O4. The number of nitrogens with zero attached hydrogens (tertiary/aromatic N) is 2. The van der Waals surface area contributed by atoms with Crippen molar-refractivity contribution in [2.24, 2.45) is 0 Å². The second kappa shape index (κ2) is 5.83. The molecular weight excluding hydrogens is 272 g/mol. The van der Waals surface area contributed by atoms with Crippen LogP contribution in [0.5, 0.6) is 0 Å². The van der Waals surface area contributed by atoms with Gasteiger partial charge in [-0.05, 0) is 47.6 Å². The Labute approximate surface area is 126 Å². The van der Waals surface area contributed by atoms with Crippen LogP contribution in [0.1, 0.15) is 40.5 Å². The third-order valence-corrected chi connectivity index (χ3v) is 4.16. The molecule has 0 saturated carbocycles. The van der Waals surface area contributed by atoms with Gasteiger partial charge in [-0.3, -0.25) is 9.80 Å². The van der Waals surface area contributed by atoms with Crippen molar-refractivity contribution >= 4 is 12.1 Å². The molecule has 6 nitrogen and oxygen atoms in total. The lowest BCUT2D eigenvalue weighted by atomic mass is 10.0. The Morgan fingerprint density at radius 1 is 1.24 bits per heavy atom. The summed E-state index contributed by atoms with van der Waals surface area (Å²) in [7, 11) is 2.01. The van der Waals surface area contributed by atoms with Gasteiger partial charge in [-0.2, -0.15) is 0 Å². The number of hydrogen-bond acceptors (Lipinski definition) is 5. The van der Waals surface area contributed by atoms with E-state index in [2.05, 4.69) is 4.90 Å². The van der Waals surface area contributed by atoms with E-state index < -0.39 is 17.7 Å². The SMILES string of the molecule is CCOC(=O)C1C2CCC(CN1C(=O)OC(C)(C)C)N2C. The highest BCUT2D eigenvalue weighted by Crippen LogP contribution is 2.34. The molecule has 0 aromatic heterocycles. The van der Waals surface area contributed by atoms with Crippen molar-refractivity contribution in [1.29, 1.82) is 0 Å². The van der Waals surface area contributed by atoms with E-state index >= 15 is 0 Å². The predicted molar refractivity (Wildman–Crippen MR) is 77.9 cm³/mol. The molecule has 0 aromatic carbocycles. The average Bonchev–Trinajstić information content (AvgIpc) is 2.60. The number of rotatable bonds is 2. The summed E-state index contributed by atoms with van der Waals surface area (Å²) < 4.78 is 10.6. The van der Waals surface area contributed by atoms with E-state index in [0.29, 0.717) is 19.2 Å². The predicted octanol–water partition coefficient (Wildman–Crippen LogP) is 1.63. The highest BCUT2D eigenvalue weighted by Gasteiger charge is 2.50. The fraction of sp³-hybridized carbons (Fsp3) is 0.867. The Hall–Kier alpha value is -1.30. The van der Waals surface area contributed by atoms with E-state index in [9.17, 15) is 9.59 Å². The lowest BCUT2D eigenvalue weighted by Gasteiger charge is -2.44. The molecule has 6 heteroatoms. The Morgan fingerprint density at radius 2 is 1.90 bits per heavy atom. The smallest absolute Gasteiger partial charge is 0.411 e. The van der Waals surface area contributed by atoms with Gasteiger partial charge in [0.2, 0.25) is 0 Å². The Balaban J connectivity index is 2.21. The maximum Gasteiger partial charge on any atom is 0.411 e. The summed E-state index contributed by atoms with van der Waals surface area (Å²) in [6.45, 7) is 8.10. The maximum atomic E-state index is 12.4. The van der Waals surface area contributed by atoms with E-state index in [0.717, 1.165) is 12.8 Å². The van der Waals surface area contributed by atoms with Crippen LogP contribution in [0, 0.1) is 0 Å². The first-order chi connectivity index (χ1) is 9.74. The van der Waals surface area contributed by atoms with Gasteiger partial charge in [0.25, 0.3) is 0 Å². The normalized spacial score (nSPS) is 29.4. The van der Waals surface area contributed by atoms with Gasteiger partial charge in [-0.1, -0.05) is 0 Å². The molecule has 2 bridgehead atoms. The van der Waals surface area contributed by atoms with E-state index in [1.54, 1.807) is 11.8 Å². The molecule has 0 radical (unpaired) electrons. The molecule has 3 atom stereocenters. The van der Waals surface area contributed by atoms with Gasteiger partial charge in [0, 0.05) is 18.6 Å². The number of carbonyl (C=O) groups is 2. The van der Waals surface area contributed by atoms with E-state index in [1.807, 2.05) is 27.8 Å². The van der Waals surface area contributed by atoms with Crippen LogP contribution in [0.25, 0.3) is 0 Å². The lowest BCUT2D eigenvalue weighted by Crippen LogP contribution is -2.63. The Bertz CT molecular complexity index is 418. The molecule has 2 rings (SSSR count). The Kier molecular flexibility index (Phi) is 4.46. The number of piperazine rings is 1. The van der Waals surface area contributed by atoms with Crippen LogP contribution in [-0.2, 0) is 14.3 Å². The zero-order chi connectivity index (χ0) is 15.8. The molecule has 0 N–H and O–H groups in total. The van der Waals surface area contributed by atoms with Crippen LogP contribution in [0.3, 0.4) is 0 Å². The number of ether oxygens (including phenoxy) is 2. The van der Waals surface area contributed by atoms with Gasteiger partial charge in [-0.25, -0.2) is 9.59 Å². The summed E-state index contributed by atoms with van der Waals surface area (Å²) in [4.78, 5) is 28.5. The number of likely N-dealkylation sites (N-methyl/N-ethyl adjacent to an activating group) is 1. The molecule has 120 valence electrons. The molecule has 2 saturated heterocycles. The second-order valence-electron chi connectivity index (χ2n) is 6.79. The largest absolute Gasteiger partial charge is 0.464 e. The van der Waals surface area contributed by atoms with E-state index in [-0.39, 0.29) is 12.0 Å². The molecule has 21 heavy (non-hydrogen) atoms. The van der Waals surface area contributed by atoms with Crippen molar-refractivity contribution in [3.05, 3.63) is 0 Å². The fourth-order valence-electron chi connectivity index (χ4n) is 3.21. The number of carbonyl (C=O) groups excluding carboxylic acids is 2. The monoisotopic (exact) mass is 298 g/mol. The van der Waals surface area contributed by atoms with Crippen molar-refractivity contribution < 1.29 is 19.1 Å². The molecule has 3 unspecified atom stereocenters. The second-order valence-corrected chi connectivity index (χ2v) is 6.79. The van der Waals surface area contributed by atoms with Gasteiger partial charge in [0.15, 0.2) is 0 Å². The molecule has 2 aliphatic rings. The van der Waals surface area contributed by atoms with Crippen LogP contribution in [0.4, 0.5) is 4.79 Å². The van der Waals surface area contributed by atoms with Crippen molar-refractivity contribution in [3.8, 4) is 0 Å². The summed E-state index contributed by atoms with van der Waals surface area (Å²) in [6.07, 6.45) is 1.48. The van der Waals surface area contributed by atoms with E-state index in [4.69, 9.17) is 9.47 Å². The number of esters is 1. The third-order valence-electron chi connectivity index (χ3n) is 4.16. The topological polar surface area (TPSA) is 59.1 Å². The van der Waals surface area contributed by atoms with Gasteiger partial charge in [0.05, 0.1) is 6.61 Å². The number of likely N-dealkylation sites (tertiary alicyclic amines) is 1. The van der Waals surface area contributed by atoms with Crippen LogP contribution in [0.15, 0.2) is 0 Å². The number of hydrogen-bond donors (Lipinski definition) is 0. The summed E-state index contributed by atoms with van der Waals surface area (Å²) in [5, 5.41) is 0. The fourth-order valence-corrected chi connectivity index (χ4v) is 3.21. The van der Waals surface area contributed by atoms with Gasteiger partial charge in [-0.15, -0.1) is 0 Å². The minimum atomic E-state index is -0.571. The first kappa shape index (κ1) is 16.1. The number of amides is 1. The maximum absolute atomic E-state index is 12.4. The van der Waals surface area contributed by atoms with Gasteiger partial charge >= 0.3 is 12.1 Å². The van der Waals surface area contributed by atoms with Crippen LogP contribution in [-0.4, -0.2) is 65.8 Å².